The fourth-order valence-electron chi connectivity index (χ4n) is 5.18. The molecule has 10 nitrogen and oxygen atoms in total. The molecule has 0 radical (unpaired) electrons. The molecule has 5 rings (SSSR count). The van der Waals surface area contributed by atoms with E-state index in [1.54, 1.807) is 0 Å². The zero-order chi connectivity index (χ0) is 24.5. The number of carbonyl (C=O) groups excluding carboxylic acids is 2. The Kier molecular flexibility index (Phi) is 5.94. The zero-order valence-electron chi connectivity index (χ0n) is 19.0. The van der Waals surface area contributed by atoms with E-state index in [2.05, 4.69) is 15.6 Å². The molecule has 1 fully saturated rings. The molecule has 2 amide bonds. The van der Waals surface area contributed by atoms with Gasteiger partial charge in [0.15, 0.2) is 0 Å². The number of hydrogen-bond acceptors (Lipinski definition) is 7. The first kappa shape index (κ1) is 22.6. The standard InChI is InChI=1S/C25H24N4O6/c1-2-20-18(24(31)32)11-12-29(20)23(30)21-22(28-35-27-21)26-25(33)34-13-19-16-9-5-3-7-14(16)15-8-4-6-10-17(15)19/h3-10,18-20H,2,11-13H2,1H3,(H,31,32)(H,26,28,33). The number of aliphatic carboxylic acids is 1. The summed E-state index contributed by atoms with van der Waals surface area (Å²) in [6.45, 7) is 2.19. The Balaban J connectivity index is 1.27. The molecule has 0 saturated carbocycles. The number of benzene rings is 2. The molecule has 2 aliphatic rings. The molecule has 0 bridgehead atoms. The Morgan fingerprint density at radius 2 is 1.74 bits per heavy atom. The van der Waals surface area contributed by atoms with Crippen LogP contribution in [-0.2, 0) is 9.53 Å². The number of carboxylic acid groups (broad SMARTS) is 1. The Morgan fingerprint density at radius 3 is 2.37 bits per heavy atom. The van der Waals surface area contributed by atoms with Crippen molar-refractivity contribution in [1.82, 2.24) is 15.2 Å². The number of carboxylic acids is 1. The maximum absolute atomic E-state index is 13.1. The molecule has 1 aliphatic heterocycles. The van der Waals surface area contributed by atoms with Crippen molar-refractivity contribution >= 4 is 23.8 Å². The number of ether oxygens (including phenoxy) is 1. The number of hydrogen-bond donors (Lipinski definition) is 2. The molecule has 2 N–H and O–H groups in total. The molecule has 1 aliphatic carbocycles. The summed E-state index contributed by atoms with van der Waals surface area (Å²) < 4.78 is 10.2. The van der Waals surface area contributed by atoms with E-state index in [4.69, 9.17) is 9.37 Å². The number of fused-ring (bicyclic) bond motifs is 3. The third kappa shape index (κ3) is 4.01. The molecule has 2 aromatic carbocycles. The molecular weight excluding hydrogens is 452 g/mol. The van der Waals surface area contributed by atoms with Crippen LogP contribution in [0.4, 0.5) is 10.6 Å². The van der Waals surface area contributed by atoms with Gasteiger partial charge < -0.3 is 14.7 Å². The van der Waals surface area contributed by atoms with Crippen LogP contribution < -0.4 is 5.32 Å². The maximum Gasteiger partial charge on any atom is 0.412 e. The molecule has 0 spiro atoms. The third-order valence-electron chi connectivity index (χ3n) is 6.80. The van der Waals surface area contributed by atoms with Crippen molar-refractivity contribution in [2.24, 2.45) is 5.92 Å². The van der Waals surface area contributed by atoms with Crippen LogP contribution >= 0.6 is 0 Å². The lowest BCUT2D eigenvalue weighted by molar-refractivity contribution is -0.142. The van der Waals surface area contributed by atoms with E-state index in [-0.39, 0.29) is 30.6 Å². The highest BCUT2D eigenvalue weighted by Gasteiger charge is 2.42. The highest BCUT2D eigenvalue weighted by molar-refractivity contribution is 6.00. The number of aromatic nitrogens is 2. The lowest BCUT2D eigenvalue weighted by atomic mass is 9.98. The lowest BCUT2D eigenvalue weighted by Crippen LogP contribution is -2.39. The topological polar surface area (TPSA) is 135 Å². The number of nitrogens with one attached hydrogen (secondary N) is 1. The van der Waals surface area contributed by atoms with E-state index >= 15 is 0 Å². The third-order valence-corrected chi connectivity index (χ3v) is 6.80. The summed E-state index contributed by atoms with van der Waals surface area (Å²) in [5.74, 6) is -2.42. The highest BCUT2D eigenvalue weighted by atomic mass is 16.6. The summed E-state index contributed by atoms with van der Waals surface area (Å²) in [5, 5.41) is 19.2. The van der Waals surface area contributed by atoms with Gasteiger partial charge in [0.2, 0.25) is 11.5 Å². The minimum absolute atomic E-state index is 0.0960. The first-order valence-corrected chi connectivity index (χ1v) is 11.5. The summed E-state index contributed by atoms with van der Waals surface area (Å²) in [6, 6.07) is 15.5. The second-order valence-corrected chi connectivity index (χ2v) is 8.62. The van der Waals surface area contributed by atoms with Gasteiger partial charge in [-0.25, -0.2) is 9.42 Å². The van der Waals surface area contributed by atoms with Gasteiger partial charge in [-0.05, 0) is 45.4 Å². The van der Waals surface area contributed by atoms with Gasteiger partial charge in [-0.15, -0.1) is 0 Å². The number of likely N-dealkylation sites (tertiary alicyclic amines) is 1. The van der Waals surface area contributed by atoms with E-state index in [1.807, 2.05) is 55.5 Å². The molecule has 2 atom stereocenters. The Morgan fingerprint density at radius 1 is 1.09 bits per heavy atom. The largest absolute Gasteiger partial charge is 0.481 e. The fraction of sp³-hybridized carbons (Fsp3) is 0.320. The minimum atomic E-state index is -0.942. The second-order valence-electron chi connectivity index (χ2n) is 8.62. The normalized spacial score (nSPS) is 18.7. The van der Waals surface area contributed by atoms with E-state index in [9.17, 15) is 19.5 Å². The predicted octanol–water partition coefficient (Wildman–Crippen LogP) is 3.76. The Hall–Kier alpha value is -4.21. The lowest BCUT2D eigenvalue weighted by Gasteiger charge is -2.24. The summed E-state index contributed by atoms with van der Waals surface area (Å²) in [4.78, 5) is 38.6. The van der Waals surface area contributed by atoms with Gasteiger partial charge in [-0.1, -0.05) is 55.5 Å². The van der Waals surface area contributed by atoms with E-state index in [1.165, 1.54) is 4.90 Å². The van der Waals surface area contributed by atoms with Gasteiger partial charge in [-0.2, -0.15) is 0 Å². The van der Waals surface area contributed by atoms with Gasteiger partial charge in [0.1, 0.15) is 6.61 Å². The van der Waals surface area contributed by atoms with Gasteiger partial charge in [0.05, 0.1) is 5.92 Å². The quantitative estimate of drug-likeness (QED) is 0.549. The fourth-order valence-corrected chi connectivity index (χ4v) is 5.18. The van der Waals surface area contributed by atoms with Crippen molar-refractivity contribution in [1.29, 1.82) is 0 Å². The van der Waals surface area contributed by atoms with E-state index < -0.39 is 29.9 Å². The Bertz CT molecular complexity index is 1240. The predicted molar refractivity (Wildman–Crippen MR) is 124 cm³/mol. The molecule has 180 valence electrons. The zero-order valence-corrected chi connectivity index (χ0v) is 19.0. The maximum atomic E-state index is 13.1. The number of carbonyl (C=O) groups is 3. The summed E-state index contributed by atoms with van der Waals surface area (Å²) in [7, 11) is 0. The van der Waals surface area contributed by atoms with Crippen LogP contribution in [0.5, 0.6) is 0 Å². The minimum Gasteiger partial charge on any atom is -0.481 e. The van der Waals surface area contributed by atoms with Crippen molar-refractivity contribution in [3.63, 3.8) is 0 Å². The van der Waals surface area contributed by atoms with E-state index in [0.29, 0.717) is 12.8 Å². The van der Waals surface area contributed by atoms with Crippen molar-refractivity contribution < 1.29 is 28.9 Å². The van der Waals surface area contributed by atoms with Crippen LogP contribution in [0.3, 0.4) is 0 Å². The molecule has 10 heteroatoms. The number of nitrogens with zero attached hydrogens (tertiary/aromatic N) is 3. The van der Waals surface area contributed by atoms with Gasteiger partial charge in [-0.3, -0.25) is 14.9 Å². The highest BCUT2D eigenvalue weighted by Crippen LogP contribution is 2.44. The van der Waals surface area contributed by atoms with Crippen molar-refractivity contribution in [3.8, 4) is 11.1 Å². The van der Waals surface area contributed by atoms with Crippen LogP contribution in [-0.4, -0.2) is 57.5 Å². The van der Waals surface area contributed by atoms with Gasteiger partial charge in [0.25, 0.3) is 5.91 Å². The molecular formula is C25H24N4O6. The molecule has 1 saturated heterocycles. The summed E-state index contributed by atoms with van der Waals surface area (Å²) >= 11 is 0. The van der Waals surface area contributed by atoms with Gasteiger partial charge >= 0.3 is 12.1 Å². The smallest absolute Gasteiger partial charge is 0.412 e. The Labute approximate surface area is 200 Å². The summed E-state index contributed by atoms with van der Waals surface area (Å²) in [6.07, 6.45) is 0.0249. The van der Waals surface area contributed by atoms with Crippen LogP contribution in [0.1, 0.15) is 47.3 Å². The molecule has 35 heavy (non-hydrogen) atoms. The van der Waals surface area contributed by atoms with Crippen LogP contribution in [0, 0.1) is 5.92 Å². The van der Waals surface area contributed by atoms with Crippen molar-refractivity contribution in [2.45, 2.75) is 31.7 Å². The SMILES string of the molecule is CCC1C(C(=O)O)CCN1C(=O)c1nonc1NC(=O)OCC1c2ccccc2-c2ccccc21. The molecule has 2 heterocycles. The monoisotopic (exact) mass is 476 g/mol. The van der Waals surface area contributed by atoms with Crippen LogP contribution in [0.15, 0.2) is 53.2 Å². The number of rotatable bonds is 6. The first-order valence-electron chi connectivity index (χ1n) is 11.5. The average Bonchev–Trinajstić information content (AvgIpc) is 3.58. The number of anilines is 1. The summed E-state index contributed by atoms with van der Waals surface area (Å²) in [5.41, 5.74) is 4.19. The van der Waals surface area contributed by atoms with Crippen molar-refractivity contribution in [3.05, 3.63) is 65.4 Å². The average molecular weight is 476 g/mol. The van der Waals surface area contributed by atoms with Crippen LogP contribution in [0.25, 0.3) is 11.1 Å². The second kappa shape index (κ2) is 9.21. The molecule has 2 unspecified atom stereocenters. The van der Waals surface area contributed by atoms with Crippen LogP contribution in [0.2, 0.25) is 0 Å². The number of amides is 2. The van der Waals surface area contributed by atoms with Gasteiger partial charge in [0, 0.05) is 18.5 Å². The first-order chi connectivity index (χ1) is 17.0. The molecule has 3 aromatic rings. The molecule has 1 aromatic heterocycles. The van der Waals surface area contributed by atoms with E-state index in [0.717, 1.165) is 22.3 Å². The van der Waals surface area contributed by atoms with Crippen molar-refractivity contribution in [2.75, 3.05) is 18.5 Å².